The predicted molar refractivity (Wildman–Crippen MR) is 128 cm³/mol. The Balaban J connectivity index is 1.49. The molecule has 2 aliphatic rings. The number of halogens is 3. The second-order valence-corrected chi connectivity index (χ2v) is 10.1. The highest BCUT2D eigenvalue weighted by Gasteiger charge is 2.35. The van der Waals surface area contributed by atoms with Crippen LogP contribution in [0.3, 0.4) is 0 Å². The molecule has 2 aromatic rings. The number of alkyl halides is 1. The van der Waals surface area contributed by atoms with Gasteiger partial charge in [-0.3, -0.25) is 4.79 Å². The Morgan fingerprint density at radius 1 is 1.24 bits per heavy atom. The van der Waals surface area contributed by atoms with Gasteiger partial charge >= 0.3 is 0 Å². The molecule has 0 spiro atoms. The monoisotopic (exact) mass is 521 g/mol. The van der Waals surface area contributed by atoms with Gasteiger partial charge in [0.1, 0.15) is 24.1 Å². The van der Waals surface area contributed by atoms with E-state index in [-0.39, 0.29) is 23.7 Å². The number of hydrogen-bond acceptors (Lipinski definition) is 5. The Labute approximate surface area is 201 Å². The second-order valence-electron chi connectivity index (χ2n) is 9.20. The van der Waals surface area contributed by atoms with Crippen molar-refractivity contribution in [1.82, 2.24) is 20.2 Å². The first kappa shape index (κ1) is 24.0. The molecule has 178 valence electrons. The molecule has 0 saturated carbocycles. The van der Waals surface area contributed by atoms with Gasteiger partial charge in [0.15, 0.2) is 0 Å². The smallest absolute Gasteiger partial charge is 0.231 e. The number of anilines is 1. The van der Waals surface area contributed by atoms with E-state index in [1.165, 1.54) is 12.4 Å². The fourth-order valence-corrected chi connectivity index (χ4v) is 4.95. The molecule has 6 nitrogen and oxygen atoms in total. The average molecular weight is 522 g/mol. The summed E-state index contributed by atoms with van der Waals surface area (Å²) in [6, 6.07) is 5.09. The Bertz CT molecular complexity index is 1010. The number of benzene rings is 1. The molecule has 1 amide bonds. The zero-order chi connectivity index (χ0) is 23.7. The third-order valence-electron chi connectivity index (χ3n) is 6.51. The second kappa shape index (κ2) is 10.0. The Morgan fingerprint density at radius 3 is 2.64 bits per heavy atom. The minimum absolute atomic E-state index is 0.0189. The van der Waals surface area contributed by atoms with E-state index in [4.69, 9.17) is 0 Å². The summed E-state index contributed by atoms with van der Waals surface area (Å²) in [4.78, 5) is 26.1. The van der Waals surface area contributed by atoms with Gasteiger partial charge in [-0.1, -0.05) is 26.8 Å². The number of fused-ring (bicyclic) bond motifs is 1. The van der Waals surface area contributed by atoms with Gasteiger partial charge in [-0.05, 0) is 46.0 Å². The van der Waals surface area contributed by atoms with Gasteiger partial charge in [-0.2, -0.15) is 0 Å². The van der Waals surface area contributed by atoms with E-state index >= 15 is 0 Å². The lowest BCUT2D eigenvalue weighted by Gasteiger charge is -2.38. The number of piperazine rings is 1. The molecule has 0 radical (unpaired) electrons. The molecule has 2 heterocycles. The maximum atomic E-state index is 14.3. The minimum Gasteiger partial charge on any atom is -0.353 e. The topological polar surface area (TPSA) is 61.4 Å². The number of amides is 1. The Kier molecular flexibility index (Phi) is 7.28. The van der Waals surface area contributed by atoms with Crippen molar-refractivity contribution >= 4 is 27.7 Å². The summed E-state index contributed by atoms with van der Waals surface area (Å²) in [7, 11) is 0. The van der Waals surface area contributed by atoms with E-state index in [9.17, 15) is 13.6 Å². The third kappa shape index (κ3) is 5.04. The van der Waals surface area contributed by atoms with Crippen LogP contribution in [0, 0.1) is 5.82 Å². The van der Waals surface area contributed by atoms with Crippen LogP contribution in [0.4, 0.5) is 14.6 Å². The largest absolute Gasteiger partial charge is 0.353 e. The van der Waals surface area contributed by atoms with E-state index in [2.05, 4.69) is 36.1 Å². The number of rotatable bonds is 6. The number of nitrogens with one attached hydrogen (secondary N) is 1. The molecule has 1 aliphatic heterocycles. The molecule has 0 bridgehead atoms. The SMILES string of the molecule is CC(C)NCC(C(=O)N1CCN(c2ncnc3c2[C@H](C)C[C@H]3F)CC1)c1ccc(Br)c(F)c1. The van der Waals surface area contributed by atoms with Gasteiger partial charge in [-0.15, -0.1) is 0 Å². The standard InChI is InChI=1S/C24H30BrF2N5O/c1-14(2)28-12-17(16-4-5-18(25)19(26)11-16)24(33)32-8-6-31(7-9-32)23-21-15(3)10-20(27)22(21)29-13-30-23/h4-5,11,13-15,17,20,28H,6-10,12H2,1-3H3/t15-,17?,20-/m1/s1. The number of nitrogens with zero attached hydrogens (tertiary/aromatic N) is 4. The maximum Gasteiger partial charge on any atom is 0.231 e. The van der Waals surface area contributed by atoms with E-state index in [0.717, 1.165) is 11.4 Å². The predicted octanol–water partition coefficient (Wildman–Crippen LogP) is 4.33. The molecule has 33 heavy (non-hydrogen) atoms. The molecule has 1 unspecified atom stereocenters. The lowest BCUT2D eigenvalue weighted by Crippen LogP contribution is -2.51. The van der Waals surface area contributed by atoms with Crippen LogP contribution in [0.2, 0.25) is 0 Å². The molecule has 3 atom stereocenters. The number of carbonyl (C=O) groups excluding carboxylic acids is 1. The van der Waals surface area contributed by atoms with E-state index in [0.29, 0.717) is 54.9 Å². The molecule has 9 heteroatoms. The van der Waals surface area contributed by atoms with Crippen molar-refractivity contribution in [3.05, 3.63) is 51.6 Å². The van der Waals surface area contributed by atoms with Gasteiger partial charge in [0.25, 0.3) is 0 Å². The number of aromatic nitrogens is 2. The summed E-state index contributed by atoms with van der Waals surface area (Å²) >= 11 is 3.19. The summed E-state index contributed by atoms with van der Waals surface area (Å²) in [5.74, 6) is -0.0123. The number of carbonyl (C=O) groups is 1. The van der Waals surface area contributed by atoms with Gasteiger partial charge in [0.2, 0.25) is 5.91 Å². The van der Waals surface area contributed by atoms with Crippen molar-refractivity contribution in [3.63, 3.8) is 0 Å². The van der Waals surface area contributed by atoms with E-state index < -0.39 is 12.1 Å². The molecule has 1 aromatic heterocycles. The average Bonchev–Trinajstić information content (AvgIpc) is 3.09. The van der Waals surface area contributed by atoms with Crippen molar-refractivity contribution in [2.45, 2.75) is 51.2 Å². The first-order valence-electron chi connectivity index (χ1n) is 11.5. The summed E-state index contributed by atoms with van der Waals surface area (Å²) in [5.41, 5.74) is 2.06. The normalized spacial score (nSPS) is 21.4. The van der Waals surface area contributed by atoms with Crippen LogP contribution in [0.5, 0.6) is 0 Å². The summed E-state index contributed by atoms with van der Waals surface area (Å²) in [6.07, 6.45) is 0.833. The molecule has 4 rings (SSSR count). The van der Waals surface area contributed by atoms with E-state index in [1.54, 1.807) is 12.1 Å². The van der Waals surface area contributed by atoms with Crippen LogP contribution in [0.25, 0.3) is 0 Å². The molecule has 1 N–H and O–H groups in total. The van der Waals surface area contributed by atoms with Crippen molar-refractivity contribution in [1.29, 1.82) is 0 Å². The molecule has 1 aliphatic carbocycles. The fraction of sp³-hybridized carbons (Fsp3) is 0.542. The van der Waals surface area contributed by atoms with Gasteiger partial charge < -0.3 is 15.1 Å². The zero-order valence-corrected chi connectivity index (χ0v) is 20.8. The maximum absolute atomic E-state index is 14.3. The van der Waals surface area contributed by atoms with E-state index in [1.807, 2.05) is 25.7 Å². The number of hydrogen-bond donors (Lipinski definition) is 1. The van der Waals surface area contributed by atoms with Crippen LogP contribution in [-0.2, 0) is 4.79 Å². The quantitative estimate of drug-likeness (QED) is 0.613. The van der Waals surface area contributed by atoms with Crippen molar-refractivity contribution in [3.8, 4) is 0 Å². The summed E-state index contributed by atoms with van der Waals surface area (Å²) < 4.78 is 28.9. The van der Waals surface area contributed by atoms with Crippen LogP contribution >= 0.6 is 15.9 Å². The van der Waals surface area contributed by atoms with Crippen LogP contribution in [-0.4, -0.2) is 59.5 Å². The first-order valence-corrected chi connectivity index (χ1v) is 12.3. The molecule has 1 fully saturated rings. The highest BCUT2D eigenvalue weighted by Crippen LogP contribution is 2.44. The minimum atomic E-state index is -1.04. The summed E-state index contributed by atoms with van der Waals surface area (Å²) in [6.45, 7) is 8.76. The van der Waals surface area contributed by atoms with Gasteiger partial charge in [0.05, 0.1) is 16.1 Å². The van der Waals surface area contributed by atoms with Crippen LogP contribution < -0.4 is 10.2 Å². The summed E-state index contributed by atoms with van der Waals surface area (Å²) in [5, 5.41) is 3.33. The van der Waals surface area contributed by atoms with Gasteiger partial charge in [0, 0.05) is 44.3 Å². The third-order valence-corrected chi connectivity index (χ3v) is 7.15. The highest BCUT2D eigenvalue weighted by atomic mass is 79.9. The highest BCUT2D eigenvalue weighted by molar-refractivity contribution is 9.10. The first-order chi connectivity index (χ1) is 15.8. The van der Waals surface area contributed by atoms with Gasteiger partial charge in [-0.25, -0.2) is 18.7 Å². The molecular formula is C24H30BrF2N5O. The molecular weight excluding hydrogens is 492 g/mol. The molecule has 1 saturated heterocycles. The zero-order valence-electron chi connectivity index (χ0n) is 19.2. The van der Waals surface area contributed by atoms with Crippen LogP contribution in [0.15, 0.2) is 29.0 Å². The van der Waals surface area contributed by atoms with Crippen molar-refractivity contribution in [2.75, 3.05) is 37.6 Å². The van der Waals surface area contributed by atoms with Crippen LogP contribution in [0.1, 0.15) is 62.0 Å². The van der Waals surface area contributed by atoms with Crippen molar-refractivity contribution < 1.29 is 13.6 Å². The Morgan fingerprint density at radius 2 is 1.97 bits per heavy atom. The fourth-order valence-electron chi connectivity index (χ4n) is 4.70. The lowest BCUT2D eigenvalue weighted by molar-refractivity contribution is -0.133. The molecule has 1 aromatic carbocycles. The Hall–Kier alpha value is -2.13. The van der Waals surface area contributed by atoms with Crippen molar-refractivity contribution in [2.24, 2.45) is 0 Å². The lowest BCUT2D eigenvalue weighted by atomic mass is 9.96.